The van der Waals surface area contributed by atoms with Crippen LogP contribution in [0.5, 0.6) is 0 Å². The Bertz CT molecular complexity index is 938. The van der Waals surface area contributed by atoms with Crippen molar-refractivity contribution in [2.75, 3.05) is 6.61 Å². The van der Waals surface area contributed by atoms with E-state index in [0.29, 0.717) is 5.82 Å². The summed E-state index contributed by atoms with van der Waals surface area (Å²) in [5.74, 6) is 1.82. The molecule has 0 unspecified atom stereocenters. The molecule has 0 radical (unpaired) electrons. The molecular weight excluding hydrogens is 318 g/mol. The lowest BCUT2D eigenvalue weighted by atomic mass is 9.97. The highest BCUT2D eigenvalue weighted by atomic mass is 16.6. The minimum absolute atomic E-state index is 0.0816. The summed E-state index contributed by atoms with van der Waals surface area (Å²) in [4.78, 5) is 25.5. The van der Waals surface area contributed by atoms with Crippen LogP contribution in [0.2, 0.25) is 0 Å². The fraction of sp³-hybridized carbons (Fsp3) is 0.462. The molecule has 124 valence electrons. The number of H-pyrrole nitrogens is 1. The lowest BCUT2D eigenvalue weighted by Gasteiger charge is -2.18. The lowest BCUT2D eigenvalue weighted by molar-refractivity contribution is -0.126. The number of fused-ring (bicyclic) bond motifs is 1. The number of terminal acetylenes is 1. The molecule has 1 aliphatic rings. The number of rotatable bonds is 3. The van der Waals surface area contributed by atoms with Gasteiger partial charge in [-0.25, -0.2) is 9.97 Å². The van der Waals surface area contributed by atoms with Gasteiger partial charge in [0.05, 0.1) is 12.2 Å². The highest BCUT2D eigenvalue weighted by Gasteiger charge is 2.59. The van der Waals surface area contributed by atoms with E-state index in [9.17, 15) is 15.0 Å². The van der Waals surface area contributed by atoms with Gasteiger partial charge in [-0.15, -0.1) is 6.42 Å². The van der Waals surface area contributed by atoms with Gasteiger partial charge in [-0.05, 0) is 6.92 Å². The van der Waals surface area contributed by atoms with Crippen LogP contribution in [0.15, 0.2) is 16.2 Å². The first-order valence-electron chi connectivity index (χ1n) is 6.92. The Hall–Kier alpha value is -2.90. The topological polar surface area (TPSA) is 164 Å². The highest BCUT2D eigenvalue weighted by molar-refractivity contribution is 5.69. The second-order valence-electron chi connectivity index (χ2n) is 5.32. The molecule has 0 spiro atoms. The van der Waals surface area contributed by atoms with E-state index in [-0.39, 0.29) is 11.2 Å². The SMILES string of the molecule is C#C[C@@H]1[C@H](n2cnc3c(=O)[nH]c(C)nc32)O[C@@](CO)(N=[N+]=N)[C@H]1O. The van der Waals surface area contributed by atoms with Crippen molar-refractivity contribution in [2.45, 2.75) is 25.0 Å². The standard InChI is InChI=1S/C13H13N7O4/c1-3-7-9(22)13(4-21,18-19-14)24-12(7)20-5-15-8-10(20)16-6(2)17-11(8)23/h1,5,7,9,12,14,21-22H,4H2,2H3/p+1/t7-,9-,12+,13+/m0/s1. The fourth-order valence-corrected chi connectivity index (χ4v) is 2.74. The van der Waals surface area contributed by atoms with Crippen LogP contribution in [0, 0.1) is 30.7 Å². The summed E-state index contributed by atoms with van der Waals surface area (Å²) in [6.07, 6.45) is 4.38. The predicted octanol–water partition coefficient (Wildman–Crippen LogP) is -1.19. The minimum Gasteiger partial charge on any atom is -0.391 e. The van der Waals surface area contributed by atoms with Crippen molar-refractivity contribution in [1.29, 1.82) is 5.53 Å². The average molecular weight is 332 g/mol. The molecule has 3 heterocycles. The molecule has 1 saturated heterocycles. The van der Waals surface area contributed by atoms with Crippen LogP contribution in [0.3, 0.4) is 0 Å². The fourth-order valence-electron chi connectivity index (χ4n) is 2.74. The van der Waals surface area contributed by atoms with Gasteiger partial charge in [-0.1, -0.05) is 5.92 Å². The summed E-state index contributed by atoms with van der Waals surface area (Å²) in [7, 11) is 0. The number of aromatic amines is 1. The van der Waals surface area contributed by atoms with Crippen LogP contribution >= 0.6 is 0 Å². The van der Waals surface area contributed by atoms with Gasteiger partial charge in [0, 0.05) is 0 Å². The van der Waals surface area contributed by atoms with Crippen LogP contribution in [-0.2, 0) is 4.74 Å². The zero-order chi connectivity index (χ0) is 17.5. The molecule has 4 N–H and O–H groups in total. The van der Waals surface area contributed by atoms with Crippen molar-refractivity contribution in [2.24, 2.45) is 11.0 Å². The maximum absolute atomic E-state index is 11.9. The summed E-state index contributed by atoms with van der Waals surface area (Å²) in [6.45, 7) is 0.873. The van der Waals surface area contributed by atoms with Crippen LogP contribution in [-0.4, -0.2) is 48.2 Å². The molecule has 11 nitrogen and oxygen atoms in total. The molecule has 0 saturated carbocycles. The summed E-state index contributed by atoms with van der Waals surface area (Å²) in [5.41, 5.74) is 4.87. The molecular formula is C13H14N7O4+. The molecule has 1 fully saturated rings. The van der Waals surface area contributed by atoms with E-state index >= 15 is 0 Å². The number of aliphatic hydroxyl groups is 2. The van der Waals surface area contributed by atoms with Crippen molar-refractivity contribution in [1.82, 2.24) is 24.4 Å². The molecule has 3 rings (SSSR count). The van der Waals surface area contributed by atoms with Crippen LogP contribution in [0.4, 0.5) is 0 Å². The van der Waals surface area contributed by atoms with Crippen LogP contribution in [0.1, 0.15) is 12.1 Å². The van der Waals surface area contributed by atoms with E-state index in [1.807, 2.05) is 0 Å². The molecule has 0 bridgehead atoms. The van der Waals surface area contributed by atoms with Gasteiger partial charge in [-0.2, -0.15) is 0 Å². The third-order valence-electron chi connectivity index (χ3n) is 3.90. The molecule has 2 aromatic rings. The maximum Gasteiger partial charge on any atom is 0.294 e. The summed E-state index contributed by atoms with van der Waals surface area (Å²) >= 11 is 0. The van der Waals surface area contributed by atoms with E-state index in [4.69, 9.17) is 16.7 Å². The Balaban J connectivity index is 2.18. The van der Waals surface area contributed by atoms with E-state index < -0.39 is 36.1 Å². The van der Waals surface area contributed by atoms with Gasteiger partial charge in [0.15, 0.2) is 22.5 Å². The molecule has 0 amide bonds. The van der Waals surface area contributed by atoms with Gasteiger partial charge in [0.2, 0.25) is 4.91 Å². The third-order valence-corrected chi connectivity index (χ3v) is 3.90. The van der Waals surface area contributed by atoms with Crippen molar-refractivity contribution in [3.05, 3.63) is 22.5 Å². The highest BCUT2D eigenvalue weighted by Crippen LogP contribution is 2.42. The normalized spacial score (nSPS) is 29.3. The van der Waals surface area contributed by atoms with Crippen molar-refractivity contribution < 1.29 is 14.9 Å². The number of imidazole rings is 1. The molecule has 24 heavy (non-hydrogen) atoms. The monoisotopic (exact) mass is 332 g/mol. The van der Waals surface area contributed by atoms with Crippen molar-refractivity contribution in [3.8, 4) is 12.3 Å². The smallest absolute Gasteiger partial charge is 0.294 e. The summed E-state index contributed by atoms with van der Waals surface area (Å²) in [5, 5.41) is 23.4. The number of nitrogens with zero attached hydrogens (tertiary/aromatic N) is 5. The van der Waals surface area contributed by atoms with Gasteiger partial charge in [0.1, 0.15) is 24.1 Å². The molecule has 11 heteroatoms. The second kappa shape index (κ2) is 5.63. The maximum atomic E-state index is 11.9. The average Bonchev–Trinajstić information content (AvgIpc) is 3.08. The molecule has 0 aromatic carbocycles. The quantitative estimate of drug-likeness (QED) is 0.313. The van der Waals surface area contributed by atoms with E-state index in [2.05, 4.69) is 30.9 Å². The van der Waals surface area contributed by atoms with Crippen LogP contribution < -0.4 is 10.5 Å². The summed E-state index contributed by atoms with van der Waals surface area (Å²) in [6, 6.07) is 0. The van der Waals surface area contributed by atoms with Gasteiger partial charge < -0.3 is 19.9 Å². The number of nitrogens with one attached hydrogen (secondary N) is 2. The van der Waals surface area contributed by atoms with E-state index in [1.165, 1.54) is 10.9 Å². The zero-order valence-electron chi connectivity index (χ0n) is 12.5. The number of aromatic nitrogens is 4. The van der Waals surface area contributed by atoms with Gasteiger partial charge in [0.25, 0.3) is 11.3 Å². The Labute approximate surface area is 134 Å². The second-order valence-corrected chi connectivity index (χ2v) is 5.32. The Morgan fingerprint density at radius 3 is 3.08 bits per heavy atom. The summed E-state index contributed by atoms with van der Waals surface area (Å²) < 4.78 is 7.03. The first-order chi connectivity index (χ1) is 11.5. The number of aliphatic hydroxyl groups excluding tert-OH is 2. The Morgan fingerprint density at radius 2 is 2.46 bits per heavy atom. The number of hydrogen-bond donors (Lipinski definition) is 4. The number of aryl methyl sites for hydroxylation is 1. The first-order valence-corrected chi connectivity index (χ1v) is 6.92. The predicted molar refractivity (Wildman–Crippen MR) is 78.4 cm³/mol. The Morgan fingerprint density at radius 1 is 1.71 bits per heavy atom. The molecule has 4 atom stereocenters. The first kappa shape index (κ1) is 16.0. The van der Waals surface area contributed by atoms with E-state index in [0.717, 1.165) is 0 Å². The number of ether oxygens (including phenoxy) is 1. The van der Waals surface area contributed by atoms with Crippen molar-refractivity contribution >= 4 is 11.2 Å². The zero-order valence-corrected chi connectivity index (χ0v) is 12.5. The van der Waals surface area contributed by atoms with Gasteiger partial charge >= 0.3 is 0 Å². The Kier molecular flexibility index (Phi) is 3.75. The van der Waals surface area contributed by atoms with Crippen LogP contribution in [0.25, 0.3) is 11.2 Å². The van der Waals surface area contributed by atoms with Crippen molar-refractivity contribution in [3.63, 3.8) is 0 Å². The molecule has 2 aromatic heterocycles. The minimum atomic E-state index is -1.86. The van der Waals surface area contributed by atoms with Gasteiger partial charge in [-0.3, -0.25) is 9.36 Å². The third kappa shape index (κ3) is 2.14. The number of hydrogen-bond acceptors (Lipinski definition) is 8. The largest absolute Gasteiger partial charge is 0.391 e. The molecule has 0 aliphatic carbocycles. The lowest BCUT2D eigenvalue weighted by Crippen LogP contribution is -2.43. The van der Waals surface area contributed by atoms with E-state index in [1.54, 1.807) is 6.92 Å². The molecule has 1 aliphatic heterocycles.